The van der Waals surface area contributed by atoms with Gasteiger partial charge in [-0.05, 0) is 123 Å². The SMILES string of the molecule is CSCCC(NC(=O)c1ccc(NCc2cccnc2)cc1-c1ccccc1)C(=O)OC(C)C12CC3CC(CC(C3)C1)C2. The van der Waals surface area contributed by atoms with Crippen LogP contribution in [0.15, 0.2) is 73.1 Å². The zero-order valence-corrected chi connectivity index (χ0v) is 26.1. The second-order valence-corrected chi connectivity index (χ2v) is 14.0. The van der Waals surface area contributed by atoms with Crippen molar-refractivity contribution in [3.05, 3.63) is 84.2 Å². The van der Waals surface area contributed by atoms with Gasteiger partial charge in [-0.1, -0.05) is 36.4 Å². The van der Waals surface area contributed by atoms with Crippen molar-refractivity contribution in [3.8, 4) is 11.1 Å². The summed E-state index contributed by atoms with van der Waals surface area (Å²) >= 11 is 1.67. The number of carbonyl (C=O) groups excluding carboxylic acids is 2. The van der Waals surface area contributed by atoms with Gasteiger partial charge in [-0.3, -0.25) is 9.78 Å². The molecule has 4 aliphatic carbocycles. The van der Waals surface area contributed by atoms with Crippen molar-refractivity contribution in [1.29, 1.82) is 0 Å². The van der Waals surface area contributed by atoms with Crippen molar-refractivity contribution in [1.82, 2.24) is 10.3 Å². The van der Waals surface area contributed by atoms with Gasteiger partial charge in [0.1, 0.15) is 12.1 Å². The van der Waals surface area contributed by atoms with Crippen LogP contribution >= 0.6 is 11.8 Å². The Labute approximate surface area is 259 Å². The van der Waals surface area contributed by atoms with Crippen LogP contribution in [0.1, 0.15) is 67.8 Å². The topological polar surface area (TPSA) is 80.3 Å². The van der Waals surface area contributed by atoms with E-state index in [-0.39, 0.29) is 23.4 Å². The quantitative estimate of drug-likeness (QED) is 0.212. The van der Waals surface area contributed by atoms with E-state index in [1.165, 1.54) is 38.5 Å². The molecule has 1 heterocycles. The number of ether oxygens (including phenoxy) is 1. The Hall–Kier alpha value is -3.32. The molecule has 1 amide bonds. The predicted octanol–water partition coefficient (Wildman–Crippen LogP) is 7.36. The van der Waals surface area contributed by atoms with Crippen molar-refractivity contribution in [2.45, 2.75) is 70.6 Å². The van der Waals surface area contributed by atoms with Crippen LogP contribution in [-0.2, 0) is 16.1 Å². The van der Waals surface area contributed by atoms with Gasteiger partial charge in [0.05, 0.1) is 0 Å². The molecule has 7 rings (SSSR count). The zero-order chi connectivity index (χ0) is 29.8. The number of benzene rings is 2. The third kappa shape index (κ3) is 6.77. The molecule has 0 saturated heterocycles. The summed E-state index contributed by atoms with van der Waals surface area (Å²) < 4.78 is 6.26. The number of amides is 1. The summed E-state index contributed by atoms with van der Waals surface area (Å²) in [5.74, 6) is 2.56. The Morgan fingerprint density at radius 2 is 1.72 bits per heavy atom. The Balaban J connectivity index is 1.19. The highest BCUT2D eigenvalue weighted by Crippen LogP contribution is 2.61. The average molecular weight is 598 g/mol. The summed E-state index contributed by atoms with van der Waals surface area (Å²) in [6.07, 6.45) is 13.6. The number of pyridine rings is 1. The molecule has 6 nitrogen and oxygen atoms in total. The second-order valence-electron chi connectivity index (χ2n) is 13.0. The minimum atomic E-state index is -0.691. The Morgan fingerprint density at radius 3 is 2.37 bits per heavy atom. The van der Waals surface area contributed by atoms with Crippen LogP contribution in [0.2, 0.25) is 0 Å². The van der Waals surface area contributed by atoms with Crippen LogP contribution in [0.25, 0.3) is 11.1 Å². The minimum Gasteiger partial charge on any atom is -0.461 e. The molecule has 43 heavy (non-hydrogen) atoms. The minimum absolute atomic E-state index is 0.109. The maximum atomic E-state index is 13.9. The van der Waals surface area contributed by atoms with Crippen molar-refractivity contribution < 1.29 is 14.3 Å². The van der Waals surface area contributed by atoms with Crippen LogP contribution in [0, 0.1) is 23.2 Å². The molecule has 4 aliphatic rings. The number of hydrogen-bond donors (Lipinski definition) is 2. The first kappa shape index (κ1) is 29.7. The van der Waals surface area contributed by atoms with E-state index in [4.69, 9.17) is 4.74 Å². The summed E-state index contributed by atoms with van der Waals surface area (Å²) in [5, 5.41) is 6.53. The smallest absolute Gasteiger partial charge is 0.328 e. The third-order valence-electron chi connectivity index (χ3n) is 10.0. The van der Waals surface area contributed by atoms with Crippen LogP contribution in [-0.4, -0.2) is 41.0 Å². The Kier molecular flexibility index (Phi) is 9.08. The molecule has 226 valence electrons. The molecule has 2 aromatic carbocycles. The molecule has 4 saturated carbocycles. The number of nitrogens with zero attached hydrogens (tertiary/aromatic N) is 1. The maximum Gasteiger partial charge on any atom is 0.328 e. The molecule has 0 aliphatic heterocycles. The molecule has 1 aromatic heterocycles. The van der Waals surface area contributed by atoms with Gasteiger partial charge in [0.25, 0.3) is 5.91 Å². The van der Waals surface area contributed by atoms with Crippen molar-refractivity contribution in [3.63, 3.8) is 0 Å². The molecule has 2 unspecified atom stereocenters. The Morgan fingerprint density at radius 1 is 1.00 bits per heavy atom. The van der Waals surface area contributed by atoms with E-state index in [0.29, 0.717) is 18.5 Å². The number of nitrogens with one attached hydrogen (secondary N) is 2. The van der Waals surface area contributed by atoms with E-state index < -0.39 is 6.04 Å². The van der Waals surface area contributed by atoms with Crippen LogP contribution in [0.4, 0.5) is 5.69 Å². The largest absolute Gasteiger partial charge is 0.461 e. The fourth-order valence-electron chi connectivity index (χ4n) is 8.19. The maximum absolute atomic E-state index is 13.9. The van der Waals surface area contributed by atoms with Gasteiger partial charge in [0.15, 0.2) is 0 Å². The molecule has 2 N–H and O–H groups in total. The van der Waals surface area contributed by atoms with Gasteiger partial charge in [-0.25, -0.2) is 4.79 Å². The van der Waals surface area contributed by atoms with Gasteiger partial charge in [-0.2, -0.15) is 11.8 Å². The van der Waals surface area contributed by atoms with Crippen molar-refractivity contribution >= 4 is 29.3 Å². The summed E-state index contributed by atoms with van der Waals surface area (Å²) in [4.78, 5) is 31.7. The first-order valence-corrected chi connectivity index (χ1v) is 17.1. The molecule has 2 atom stereocenters. The van der Waals surface area contributed by atoms with Crippen LogP contribution < -0.4 is 10.6 Å². The highest BCUT2D eigenvalue weighted by molar-refractivity contribution is 7.98. The standard InChI is InChI=1S/C36H43N3O3S/c1-24(36-19-26-15-27(20-36)17-28(16-26)21-36)42-35(41)33(12-14-43-2)39-34(40)31-11-10-30(38-23-25-7-6-13-37-22-25)18-32(31)29-8-4-3-5-9-29/h3-11,13,18,22,24,26-28,33,38H,12,14-17,19-21,23H2,1-2H3,(H,39,40). The summed E-state index contributed by atoms with van der Waals surface area (Å²) in [6, 6.07) is 18.9. The number of anilines is 1. The average Bonchev–Trinajstić information content (AvgIpc) is 3.02. The number of aromatic nitrogens is 1. The molecular formula is C36H43N3O3S. The number of carbonyl (C=O) groups is 2. The Bertz CT molecular complexity index is 1380. The summed E-state index contributed by atoms with van der Waals surface area (Å²) in [7, 11) is 0. The second kappa shape index (κ2) is 13.1. The first-order chi connectivity index (χ1) is 20.9. The lowest BCUT2D eigenvalue weighted by Gasteiger charge is -2.58. The number of rotatable bonds is 12. The molecule has 7 heteroatoms. The molecule has 4 fully saturated rings. The van der Waals surface area contributed by atoms with E-state index in [9.17, 15) is 9.59 Å². The lowest BCUT2D eigenvalue weighted by molar-refractivity contribution is -0.172. The van der Waals surface area contributed by atoms with E-state index in [2.05, 4.69) is 22.5 Å². The normalized spacial score (nSPS) is 25.1. The lowest BCUT2D eigenvalue weighted by atomic mass is 9.48. The number of hydrogen-bond acceptors (Lipinski definition) is 6. The summed E-state index contributed by atoms with van der Waals surface area (Å²) in [6.45, 7) is 2.72. The van der Waals surface area contributed by atoms with E-state index in [0.717, 1.165) is 45.9 Å². The predicted molar refractivity (Wildman–Crippen MR) is 174 cm³/mol. The number of esters is 1. The molecule has 4 bridgehead atoms. The fourth-order valence-corrected chi connectivity index (χ4v) is 8.66. The van der Waals surface area contributed by atoms with Gasteiger partial charge in [-0.15, -0.1) is 0 Å². The zero-order valence-electron chi connectivity index (χ0n) is 25.3. The summed E-state index contributed by atoms with van der Waals surface area (Å²) in [5.41, 5.74) is 4.38. The highest BCUT2D eigenvalue weighted by Gasteiger charge is 2.54. The van der Waals surface area contributed by atoms with Crippen LogP contribution in [0.5, 0.6) is 0 Å². The molecule has 0 radical (unpaired) electrons. The van der Waals surface area contributed by atoms with Gasteiger partial charge in [0.2, 0.25) is 0 Å². The highest BCUT2D eigenvalue weighted by atomic mass is 32.2. The van der Waals surface area contributed by atoms with E-state index in [1.54, 1.807) is 18.0 Å². The molecular weight excluding hydrogens is 554 g/mol. The van der Waals surface area contributed by atoms with Crippen molar-refractivity contribution in [2.75, 3.05) is 17.3 Å². The first-order valence-electron chi connectivity index (χ1n) is 15.7. The third-order valence-corrected chi connectivity index (χ3v) is 10.7. The van der Waals surface area contributed by atoms with Gasteiger partial charge in [0, 0.05) is 35.6 Å². The molecule has 0 spiro atoms. The lowest BCUT2D eigenvalue weighted by Crippen LogP contribution is -2.53. The van der Waals surface area contributed by atoms with Gasteiger partial charge < -0.3 is 15.4 Å². The van der Waals surface area contributed by atoms with E-state index in [1.807, 2.05) is 73.1 Å². The fraction of sp³-hybridized carbons (Fsp3) is 0.472. The van der Waals surface area contributed by atoms with Crippen molar-refractivity contribution in [2.24, 2.45) is 23.2 Å². The van der Waals surface area contributed by atoms with Crippen LogP contribution in [0.3, 0.4) is 0 Å². The van der Waals surface area contributed by atoms with Gasteiger partial charge >= 0.3 is 5.97 Å². The monoisotopic (exact) mass is 597 g/mol. The van der Waals surface area contributed by atoms with E-state index >= 15 is 0 Å². The number of thioether (sulfide) groups is 1. The molecule has 3 aromatic rings.